The van der Waals surface area contributed by atoms with Crippen LogP contribution in [0.5, 0.6) is 0 Å². The van der Waals surface area contributed by atoms with Gasteiger partial charge in [-0.15, -0.1) is 0 Å². The molecule has 0 saturated carbocycles. The molecule has 1 fully saturated rings. The number of hydrogen-bond acceptors (Lipinski definition) is 1. The molecule has 0 bridgehead atoms. The normalized spacial score (nSPS) is 31.1. The van der Waals surface area contributed by atoms with Crippen molar-refractivity contribution in [1.29, 1.82) is 0 Å². The van der Waals surface area contributed by atoms with E-state index in [-0.39, 0.29) is 11.8 Å². The average molecular weight is 155 g/mol. The Morgan fingerprint density at radius 1 is 1.64 bits per heavy atom. The molecule has 11 heavy (non-hydrogen) atoms. The molecule has 0 radical (unpaired) electrons. The molecule has 0 aromatic carbocycles. The molecule has 0 spiro atoms. The minimum absolute atomic E-state index is 0.256. The Kier molecular flexibility index (Phi) is 2.53. The third kappa shape index (κ3) is 1.55. The Labute approximate surface area is 68.4 Å². The number of hydrogen-bond donors (Lipinski definition) is 1. The monoisotopic (exact) mass is 155 g/mol. The van der Waals surface area contributed by atoms with E-state index < -0.39 is 0 Å². The van der Waals surface area contributed by atoms with Crippen LogP contribution in [0, 0.1) is 17.8 Å². The van der Waals surface area contributed by atoms with Crippen molar-refractivity contribution in [2.24, 2.45) is 17.8 Å². The lowest BCUT2D eigenvalue weighted by Gasteiger charge is -2.18. The van der Waals surface area contributed by atoms with Gasteiger partial charge in [0.1, 0.15) is 0 Å². The molecule has 1 N–H and O–H groups in total. The summed E-state index contributed by atoms with van der Waals surface area (Å²) < 4.78 is 0. The van der Waals surface area contributed by atoms with Gasteiger partial charge in [-0.3, -0.25) is 4.79 Å². The highest BCUT2D eigenvalue weighted by Crippen LogP contribution is 2.27. The van der Waals surface area contributed by atoms with E-state index in [0.717, 1.165) is 13.0 Å². The SMILES string of the molecule is CCC1C(=O)NCC1C(C)C. The summed E-state index contributed by atoms with van der Waals surface area (Å²) in [6.07, 6.45) is 0.981. The molecule has 1 aliphatic heterocycles. The third-order valence-corrected chi connectivity index (χ3v) is 2.66. The van der Waals surface area contributed by atoms with Gasteiger partial charge in [-0.25, -0.2) is 0 Å². The van der Waals surface area contributed by atoms with Crippen LogP contribution >= 0.6 is 0 Å². The van der Waals surface area contributed by atoms with Crippen LogP contribution in [-0.4, -0.2) is 12.5 Å². The van der Waals surface area contributed by atoms with E-state index in [1.54, 1.807) is 0 Å². The zero-order chi connectivity index (χ0) is 8.43. The maximum absolute atomic E-state index is 11.2. The smallest absolute Gasteiger partial charge is 0.223 e. The Morgan fingerprint density at radius 3 is 2.64 bits per heavy atom. The van der Waals surface area contributed by atoms with Crippen LogP contribution in [0.2, 0.25) is 0 Å². The van der Waals surface area contributed by atoms with E-state index in [2.05, 4.69) is 26.1 Å². The minimum Gasteiger partial charge on any atom is -0.356 e. The zero-order valence-electron chi connectivity index (χ0n) is 7.55. The number of carbonyl (C=O) groups excluding carboxylic acids is 1. The van der Waals surface area contributed by atoms with E-state index in [1.807, 2.05) is 0 Å². The second-order valence-corrected chi connectivity index (χ2v) is 3.67. The Hall–Kier alpha value is -0.530. The fourth-order valence-electron chi connectivity index (χ4n) is 1.87. The molecule has 2 atom stereocenters. The molecule has 1 aliphatic rings. The van der Waals surface area contributed by atoms with E-state index in [1.165, 1.54) is 0 Å². The lowest BCUT2D eigenvalue weighted by molar-refractivity contribution is -0.123. The number of rotatable bonds is 2. The molecular formula is C9H17NO. The minimum atomic E-state index is 0.256. The highest BCUT2D eigenvalue weighted by Gasteiger charge is 2.34. The number of amides is 1. The summed E-state index contributed by atoms with van der Waals surface area (Å²) in [6, 6.07) is 0. The van der Waals surface area contributed by atoms with Gasteiger partial charge in [-0.05, 0) is 18.3 Å². The van der Waals surface area contributed by atoms with Crippen molar-refractivity contribution in [2.45, 2.75) is 27.2 Å². The Bertz CT molecular complexity index is 154. The van der Waals surface area contributed by atoms with Crippen molar-refractivity contribution >= 4 is 5.91 Å². The van der Waals surface area contributed by atoms with Crippen molar-refractivity contribution in [1.82, 2.24) is 5.32 Å². The largest absolute Gasteiger partial charge is 0.356 e. The van der Waals surface area contributed by atoms with Gasteiger partial charge >= 0.3 is 0 Å². The van der Waals surface area contributed by atoms with Crippen LogP contribution in [0.15, 0.2) is 0 Å². The first-order valence-electron chi connectivity index (χ1n) is 4.44. The van der Waals surface area contributed by atoms with Gasteiger partial charge in [0.2, 0.25) is 5.91 Å². The van der Waals surface area contributed by atoms with Crippen LogP contribution in [0.4, 0.5) is 0 Å². The molecule has 1 rings (SSSR count). The molecule has 0 aromatic rings. The summed E-state index contributed by atoms with van der Waals surface area (Å²) in [5.74, 6) is 1.72. The fourth-order valence-corrected chi connectivity index (χ4v) is 1.87. The average Bonchev–Trinajstić information content (AvgIpc) is 2.30. The molecular weight excluding hydrogens is 138 g/mol. The first kappa shape index (κ1) is 8.57. The van der Waals surface area contributed by atoms with Gasteiger partial charge in [0, 0.05) is 12.5 Å². The van der Waals surface area contributed by atoms with E-state index in [4.69, 9.17) is 0 Å². The molecule has 2 nitrogen and oxygen atoms in total. The molecule has 64 valence electrons. The summed E-state index contributed by atoms with van der Waals surface area (Å²) in [4.78, 5) is 11.2. The second-order valence-electron chi connectivity index (χ2n) is 3.67. The van der Waals surface area contributed by atoms with Crippen LogP contribution in [0.25, 0.3) is 0 Å². The van der Waals surface area contributed by atoms with Gasteiger partial charge in [0.15, 0.2) is 0 Å². The molecule has 1 saturated heterocycles. The predicted molar refractivity (Wildman–Crippen MR) is 45.1 cm³/mol. The Balaban J connectivity index is 2.61. The summed E-state index contributed by atoms with van der Waals surface area (Å²) in [5, 5.41) is 2.91. The maximum Gasteiger partial charge on any atom is 0.223 e. The quantitative estimate of drug-likeness (QED) is 0.642. The van der Waals surface area contributed by atoms with Gasteiger partial charge < -0.3 is 5.32 Å². The van der Waals surface area contributed by atoms with Crippen LogP contribution in [-0.2, 0) is 4.79 Å². The summed E-state index contributed by atoms with van der Waals surface area (Å²) in [7, 11) is 0. The van der Waals surface area contributed by atoms with Crippen LogP contribution in [0.3, 0.4) is 0 Å². The van der Waals surface area contributed by atoms with Gasteiger partial charge in [-0.1, -0.05) is 20.8 Å². The predicted octanol–water partition coefficient (Wildman–Crippen LogP) is 1.41. The first-order valence-corrected chi connectivity index (χ1v) is 4.44. The van der Waals surface area contributed by atoms with E-state index in [9.17, 15) is 4.79 Å². The molecule has 0 aliphatic carbocycles. The van der Waals surface area contributed by atoms with Crippen LogP contribution < -0.4 is 5.32 Å². The van der Waals surface area contributed by atoms with Gasteiger partial charge in [0.25, 0.3) is 0 Å². The second kappa shape index (κ2) is 3.24. The fraction of sp³-hybridized carbons (Fsp3) is 0.889. The van der Waals surface area contributed by atoms with E-state index in [0.29, 0.717) is 11.8 Å². The summed E-state index contributed by atoms with van der Waals surface area (Å²) in [5.41, 5.74) is 0. The third-order valence-electron chi connectivity index (χ3n) is 2.66. The van der Waals surface area contributed by atoms with Crippen molar-refractivity contribution in [3.63, 3.8) is 0 Å². The molecule has 0 aromatic heterocycles. The maximum atomic E-state index is 11.2. The summed E-state index contributed by atoms with van der Waals surface area (Å²) >= 11 is 0. The number of carbonyl (C=O) groups is 1. The van der Waals surface area contributed by atoms with Crippen molar-refractivity contribution in [2.75, 3.05) is 6.54 Å². The standard InChI is InChI=1S/C9H17NO/c1-4-7-8(6(2)3)5-10-9(7)11/h6-8H,4-5H2,1-3H3,(H,10,11). The van der Waals surface area contributed by atoms with Gasteiger partial charge in [0.05, 0.1) is 0 Å². The molecule has 2 heteroatoms. The summed E-state index contributed by atoms with van der Waals surface area (Å²) in [6.45, 7) is 7.35. The van der Waals surface area contributed by atoms with Crippen LogP contribution in [0.1, 0.15) is 27.2 Å². The molecule has 1 amide bonds. The van der Waals surface area contributed by atoms with Crippen molar-refractivity contribution in [3.8, 4) is 0 Å². The van der Waals surface area contributed by atoms with Crippen molar-refractivity contribution < 1.29 is 4.79 Å². The van der Waals surface area contributed by atoms with Crippen molar-refractivity contribution in [3.05, 3.63) is 0 Å². The zero-order valence-corrected chi connectivity index (χ0v) is 7.55. The highest BCUT2D eigenvalue weighted by atomic mass is 16.2. The van der Waals surface area contributed by atoms with E-state index >= 15 is 0 Å². The molecule has 2 unspecified atom stereocenters. The van der Waals surface area contributed by atoms with Gasteiger partial charge in [-0.2, -0.15) is 0 Å². The topological polar surface area (TPSA) is 29.1 Å². The number of nitrogens with one attached hydrogen (secondary N) is 1. The molecule has 1 heterocycles. The Morgan fingerprint density at radius 2 is 2.27 bits per heavy atom. The highest BCUT2D eigenvalue weighted by molar-refractivity contribution is 5.81. The first-order chi connectivity index (χ1) is 5.16. The lowest BCUT2D eigenvalue weighted by Crippen LogP contribution is -2.20. The lowest BCUT2D eigenvalue weighted by atomic mass is 9.84.